The van der Waals surface area contributed by atoms with Gasteiger partial charge in [-0.3, -0.25) is 9.48 Å². The van der Waals surface area contributed by atoms with Crippen LogP contribution >= 0.6 is 27.5 Å². The molecule has 6 nitrogen and oxygen atoms in total. The molecule has 0 aliphatic heterocycles. The topological polar surface area (TPSA) is 69.9 Å². The molecule has 0 unspecified atom stereocenters. The number of halogens is 1. The molecule has 0 saturated carbocycles. The van der Waals surface area contributed by atoms with Crippen molar-refractivity contribution in [2.75, 3.05) is 13.7 Å². The molecule has 0 atom stereocenters. The largest absolute Gasteiger partial charge is 0.383 e. The Balaban J connectivity index is 2.31. The van der Waals surface area contributed by atoms with Crippen molar-refractivity contribution < 1.29 is 9.53 Å². The van der Waals surface area contributed by atoms with Crippen molar-refractivity contribution >= 4 is 33.2 Å². The van der Waals surface area contributed by atoms with Crippen LogP contribution in [-0.4, -0.2) is 38.9 Å². The molecule has 0 aliphatic carbocycles. The molecule has 2 heterocycles. The normalized spacial score (nSPS) is 10.7. The number of carbonyl (C=O) groups excluding carboxylic acids is 1. The van der Waals surface area contributed by atoms with Crippen molar-refractivity contribution in [3.05, 3.63) is 27.4 Å². The van der Waals surface area contributed by atoms with Gasteiger partial charge in [0.05, 0.1) is 23.8 Å². The van der Waals surface area contributed by atoms with Crippen LogP contribution in [-0.2, 0) is 11.3 Å². The summed E-state index contributed by atoms with van der Waals surface area (Å²) in [5.41, 5.74) is 0.796. The maximum Gasteiger partial charge on any atom is 0.233 e. The molecule has 0 amide bonds. The Hall–Kier alpha value is -1.12. The van der Waals surface area contributed by atoms with E-state index in [4.69, 9.17) is 4.74 Å². The van der Waals surface area contributed by atoms with E-state index in [-0.39, 0.29) is 5.78 Å². The average molecular weight is 317 g/mol. The van der Waals surface area contributed by atoms with Gasteiger partial charge in [-0.15, -0.1) is 5.10 Å². The van der Waals surface area contributed by atoms with Crippen molar-refractivity contribution in [2.45, 2.75) is 6.54 Å². The van der Waals surface area contributed by atoms with Crippen molar-refractivity contribution in [3.63, 3.8) is 0 Å². The summed E-state index contributed by atoms with van der Waals surface area (Å²) >= 11 is 4.45. The Morgan fingerprint density at radius 1 is 1.65 bits per heavy atom. The fourth-order valence-electron chi connectivity index (χ4n) is 1.32. The second-order valence-electron chi connectivity index (χ2n) is 3.18. The number of ether oxygens (including phenoxy) is 1. The molecule has 17 heavy (non-hydrogen) atoms. The summed E-state index contributed by atoms with van der Waals surface area (Å²) in [7, 11) is 1.60. The molecule has 0 aromatic carbocycles. The lowest BCUT2D eigenvalue weighted by Crippen LogP contribution is -2.15. The summed E-state index contributed by atoms with van der Waals surface area (Å²) in [5.74, 6) is -0.195. The zero-order valence-corrected chi connectivity index (χ0v) is 11.4. The van der Waals surface area contributed by atoms with Gasteiger partial charge in [-0.25, -0.2) is 0 Å². The first kappa shape index (κ1) is 12.3. The van der Waals surface area contributed by atoms with Gasteiger partial charge in [-0.2, -0.15) is 5.10 Å². The molecular weight excluding hydrogens is 308 g/mol. The molecular formula is C9H9BrN4O2S. The predicted octanol–water partition coefficient (Wildman–Crippen LogP) is 1.37. The molecule has 0 bridgehead atoms. The lowest BCUT2D eigenvalue weighted by Gasteiger charge is -2.05. The number of rotatable bonds is 5. The summed E-state index contributed by atoms with van der Waals surface area (Å²) in [5, 5.41) is 9.48. The van der Waals surface area contributed by atoms with Crippen LogP contribution in [0, 0.1) is 0 Å². The Morgan fingerprint density at radius 2 is 2.47 bits per heavy atom. The lowest BCUT2D eigenvalue weighted by atomic mass is 10.2. The molecule has 0 fully saturated rings. The zero-order valence-electron chi connectivity index (χ0n) is 8.96. The van der Waals surface area contributed by atoms with Gasteiger partial charge in [0.15, 0.2) is 0 Å². The van der Waals surface area contributed by atoms with E-state index in [1.165, 1.54) is 0 Å². The molecule has 2 aromatic rings. The minimum atomic E-state index is -0.195. The maximum absolute atomic E-state index is 12.1. The first-order valence-electron chi connectivity index (χ1n) is 4.76. The van der Waals surface area contributed by atoms with Gasteiger partial charge < -0.3 is 4.74 Å². The second-order valence-corrected chi connectivity index (χ2v) is 4.64. The highest BCUT2D eigenvalue weighted by atomic mass is 79.9. The minimum Gasteiger partial charge on any atom is -0.383 e. The third-order valence-electron chi connectivity index (χ3n) is 2.11. The summed E-state index contributed by atoms with van der Waals surface area (Å²) < 4.78 is 10.9. The smallest absolute Gasteiger partial charge is 0.233 e. The van der Waals surface area contributed by atoms with Crippen LogP contribution in [0.2, 0.25) is 0 Å². The molecule has 2 aromatic heterocycles. The van der Waals surface area contributed by atoms with Crippen LogP contribution in [0.1, 0.15) is 16.2 Å². The van der Waals surface area contributed by atoms with E-state index in [0.717, 1.165) is 11.5 Å². The van der Waals surface area contributed by atoms with Gasteiger partial charge in [0, 0.05) is 12.5 Å². The molecule has 0 radical (unpaired) electrons. The molecule has 0 N–H and O–H groups in total. The molecule has 90 valence electrons. The third kappa shape index (κ3) is 2.59. The van der Waals surface area contributed by atoms with Gasteiger partial charge in [-0.1, -0.05) is 4.49 Å². The molecule has 8 heteroatoms. The van der Waals surface area contributed by atoms with Gasteiger partial charge in [-0.05, 0) is 27.5 Å². The van der Waals surface area contributed by atoms with Crippen molar-refractivity contribution in [2.24, 2.45) is 0 Å². The first-order chi connectivity index (χ1) is 8.24. The van der Waals surface area contributed by atoms with Gasteiger partial charge >= 0.3 is 0 Å². The van der Waals surface area contributed by atoms with Crippen molar-refractivity contribution in [3.8, 4) is 0 Å². The van der Waals surface area contributed by atoms with Gasteiger partial charge in [0.1, 0.15) is 11.4 Å². The average Bonchev–Trinajstić information content (AvgIpc) is 2.95. The van der Waals surface area contributed by atoms with E-state index in [9.17, 15) is 4.79 Å². The van der Waals surface area contributed by atoms with Crippen LogP contribution in [0.5, 0.6) is 0 Å². The number of methoxy groups -OCH3 is 1. The van der Waals surface area contributed by atoms with Gasteiger partial charge in [0.2, 0.25) is 5.78 Å². The monoisotopic (exact) mass is 316 g/mol. The number of hydrogen-bond donors (Lipinski definition) is 0. The van der Waals surface area contributed by atoms with E-state index in [1.807, 2.05) is 0 Å². The summed E-state index contributed by atoms with van der Waals surface area (Å²) in [6.07, 6.45) is 1.59. The Bertz CT molecular complexity index is 511. The SMILES string of the molecule is COCCn1ncc(Br)c1C(=O)c1csnn1. The van der Waals surface area contributed by atoms with Crippen LogP contribution in [0.4, 0.5) is 0 Å². The Kier molecular flexibility index (Phi) is 3.97. The number of carbonyl (C=O) groups is 1. The van der Waals surface area contributed by atoms with E-state index < -0.39 is 0 Å². The number of aromatic nitrogens is 4. The molecule has 0 saturated heterocycles. The summed E-state index contributed by atoms with van der Waals surface area (Å²) in [6.45, 7) is 1.00. The van der Waals surface area contributed by atoms with Gasteiger partial charge in [0.25, 0.3) is 0 Å². The standard InChI is InChI=1S/C9H9BrN4O2S/c1-16-3-2-14-8(6(10)4-11-14)9(15)7-5-17-13-12-7/h4-5H,2-3H2,1H3. The number of nitrogens with zero attached hydrogens (tertiary/aromatic N) is 4. The van der Waals surface area contributed by atoms with Crippen LogP contribution in [0.3, 0.4) is 0 Å². The molecule has 0 aliphatic rings. The zero-order chi connectivity index (χ0) is 12.3. The number of ketones is 1. The van der Waals surface area contributed by atoms with Crippen molar-refractivity contribution in [1.82, 2.24) is 19.4 Å². The first-order valence-corrected chi connectivity index (χ1v) is 6.39. The fourth-order valence-corrected chi connectivity index (χ4v) is 2.23. The second kappa shape index (κ2) is 5.48. The lowest BCUT2D eigenvalue weighted by molar-refractivity contribution is 0.102. The number of hydrogen-bond acceptors (Lipinski definition) is 6. The van der Waals surface area contributed by atoms with Crippen molar-refractivity contribution in [1.29, 1.82) is 0 Å². The highest BCUT2D eigenvalue weighted by Gasteiger charge is 2.20. The molecule has 2 rings (SSSR count). The van der Waals surface area contributed by atoms with Crippen LogP contribution < -0.4 is 0 Å². The van der Waals surface area contributed by atoms with E-state index in [1.54, 1.807) is 23.4 Å². The summed E-state index contributed by atoms with van der Waals surface area (Å²) in [6, 6.07) is 0. The van der Waals surface area contributed by atoms with Crippen LogP contribution in [0.15, 0.2) is 16.0 Å². The predicted molar refractivity (Wildman–Crippen MR) is 65.1 cm³/mol. The van der Waals surface area contributed by atoms with E-state index in [2.05, 4.69) is 30.6 Å². The molecule has 0 spiro atoms. The maximum atomic E-state index is 12.1. The summed E-state index contributed by atoms with van der Waals surface area (Å²) in [4.78, 5) is 12.1. The fraction of sp³-hybridized carbons (Fsp3) is 0.333. The van der Waals surface area contributed by atoms with E-state index >= 15 is 0 Å². The van der Waals surface area contributed by atoms with E-state index in [0.29, 0.717) is 29.0 Å². The Morgan fingerprint density at radius 3 is 3.12 bits per heavy atom. The third-order valence-corrected chi connectivity index (χ3v) is 3.19. The highest BCUT2D eigenvalue weighted by Crippen LogP contribution is 2.19. The quantitative estimate of drug-likeness (QED) is 0.779. The van der Waals surface area contributed by atoms with Crippen LogP contribution in [0.25, 0.3) is 0 Å². The Labute approximate surface area is 110 Å². The minimum absolute atomic E-state index is 0.195. The highest BCUT2D eigenvalue weighted by molar-refractivity contribution is 9.10.